The van der Waals surface area contributed by atoms with Crippen LogP contribution in [0, 0.1) is 0 Å². The van der Waals surface area contributed by atoms with E-state index in [1.165, 1.54) is 87.6 Å². The topological polar surface area (TPSA) is 0 Å². The van der Waals surface area contributed by atoms with Crippen molar-refractivity contribution >= 4 is 43.1 Å². The molecule has 0 radical (unpaired) electrons. The van der Waals surface area contributed by atoms with Gasteiger partial charge in [-0.2, -0.15) is 0 Å². The van der Waals surface area contributed by atoms with Gasteiger partial charge in [-0.05, 0) is 106 Å². The van der Waals surface area contributed by atoms with E-state index >= 15 is 0 Å². The van der Waals surface area contributed by atoms with E-state index in [0.717, 1.165) is 0 Å². The van der Waals surface area contributed by atoms with E-state index in [-0.39, 0.29) is 0 Å². The number of hydrogen-bond donors (Lipinski definition) is 0. The molecule has 0 aromatic heterocycles. The maximum atomic E-state index is 2.37. The SMILES string of the molecule is c1cc(-c2cccc(-c3c4ccccc4c(-c4cccc5ccccc45)c4ccccc34)c2)cc(-c2ccc3ccccc3c2)c1. The van der Waals surface area contributed by atoms with Gasteiger partial charge >= 0.3 is 0 Å². The average molecular weight is 583 g/mol. The van der Waals surface area contributed by atoms with Crippen molar-refractivity contribution in [1.29, 1.82) is 0 Å². The molecule has 0 saturated carbocycles. The Kier molecular flexibility index (Phi) is 6.25. The standard InChI is InChI=1S/C46H30/c1-2-14-33-28-37(27-26-31(33)12-1)35-17-9-16-34(29-35)36-18-10-19-38(30-36)45-41-21-5-7-23-43(41)46(44-24-8-6-22-42(44)45)40-25-11-15-32-13-3-4-20-39(32)40/h1-30H. The second-order valence-corrected chi connectivity index (χ2v) is 12.1. The predicted molar refractivity (Wildman–Crippen MR) is 198 cm³/mol. The summed E-state index contributed by atoms with van der Waals surface area (Å²) in [5.74, 6) is 0. The van der Waals surface area contributed by atoms with Gasteiger partial charge in [0.25, 0.3) is 0 Å². The fourth-order valence-electron chi connectivity index (χ4n) is 7.27. The summed E-state index contributed by atoms with van der Waals surface area (Å²) in [5.41, 5.74) is 9.97. The summed E-state index contributed by atoms with van der Waals surface area (Å²) in [6.45, 7) is 0. The zero-order valence-electron chi connectivity index (χ0n) is 25.3. The van der Waals surface area contributed by atoms with Gasteiger partial charge in [0.2, 0.25) is 0 Å². The van der Waals surface area contributed by atoms with Crippen LogP contribution < -0.4 is 0 Å². The zero-order valence-corrected chi connectivity index (χ0v) is 25.3. The molecule has 0 aliphatic rings. The van der Waals surface area contributed by atoms with Crippen LogP contribution in [0.25, 0.3) is 87.6 Å². The Morgan fingerprint density at radius 3 is 1.30 bits per heavy atom. The van der Waals surface area contributed by atoms with Gasteiger partial charge < -0.3 is 0 Å². The van der Waals surface area contributed by atoms with Crippen molar-refractivity contribution in [3.63, 3.8) is 0 Å². The molecule has 9 aromatic rings. The van der Waals surface area contributed by atoms with Crippen LogP contribution in [-0.2, 0) is 0 Å². The minimum atomic E-state index is 1.21. The number of fused-ring (bicyclic) bond motifs is 4. The van der Waals surface area contributed by atoms with Crippen molar-refractivity contribution in [3.05, 3.63) is 182 Å². The van der Waals surface area contributed by atoms with Crippen LogP contribution in [0.5, 0.6) is 0 Å². The normalized spacial score (nSPS) is 11.5. The molecule has 9 aromatic carbocycles. The Hall–Kier alpha value is -5.98. The van der Waals surface area contributed by atoms with Gasteiger partial charge in [0.15, 0.2) is 0 Å². The highest BCUT2D eigenvalue weighted by Gasteiger charge is 2.18. The second-order valence-electron chi connectivity index (χ2n) is 12.1. The Morgan fingerprint density at radius 2 is 0.652 bits per heavy atom. The lowest BCUT2D eigenvalue weighted by atomic mass is 9.84. The summed E-state index contributed by atoms with van der Waals surface area (Å²) in [6.07, 6.45) is 0. The molecule has 9 rings (SSSR count). The zero-order chi connectivity index (χ0) is 30.5. The van der Waals surface area contributed by atoms with E-state index < -0.39 is 0 Å². The van der Waals surface area contributed by atoms with Crippen LogP contribution in [0.3, 0.4) is 0 Å². The molecule has 46 heavy (non-hydrogen) atoms. The van der Waals surface area contributed by atoms with Gasteiger partial charge in [0.1, 0.15) is 0 Å². The third-order valence-corrected chi connectivity index (χ3v) is 9.42. The maximum Gasteiger partial charge on any atom is -0.00201 e. The minimum absolute atomic E-state index is 1.21. The first-order chi connectivity index (χ1) is 22.8. The van der Waals surface area contributed by atoms with Gasteiger partial charge in [0, 0.05) is 0 Å². The van der Waals surface area contributed by atoms with Crippen LogP contribution >= 0.6 is 0 Å². The van der Waals surface area contributed by atoms with Crippen LogP contribution in [0.1, 0.15) is 0 Å². The largest absolute Gasteiger partial charge is 0.0616 e. The van der Waals surface area contributed by atoms with Crippen molar-refractivity contribution in [1.82, 2.24) is 0 Å². The molecule has 214 valence electrons. The molecule has 0 aliphatic heterocycles. The highest BCUT2D eigenvalue weighted by molar-refractivity contribution is 6.23. The third kappa shape index (κ3) is 4.38. The molecule has 0 heterocycles. The summed E-state index contributed by atoms with van der Waals surface area (Å²) >= 11 is 0. The van der Waals surface area contributed by atoms with Crippen LogP contribution in [0.4, 0.5) is 0 Å². The fourth-order valence-corrected chi connectivity index (χ4v) is 7.27. The smallest absolute Gasteiger partial charge is 0.00201 e. The highest BCUT2D eigenvalue weighted by Crippen LogP contribution is 2.45. The second kappa shape index (κ2) is 10.9. The van der Waals surface area contributed by atoms with E-state index in [2.05, 4.69) is 182 Å². The van der Waals surface area contributed by atoms with E-state index in [4.69, 9.17) is 0 Å². The molecule has 0 atom stereocenters. The van der Waals surface area contributed by atoms with Crippen molar-refractivity contribution in [2.45, 2.75) is 0 Å². The summed E-state index contributed by atoms with van der Waals surface area (Å²) in [7, 11) is 0. The summed E-state index contributed by atoms with van der Waals surface area (Å²) < 4.78 is 0. The van der Waals surface area contributed by atoms with Gasteiger partial charge in [-0.25, -0.2) is 0 Å². The lowest BCUT2D eigenvalue weighted by Crippen LogP contribution is -1.92. The number of benzene rings is 9. The van der Waals surface area contributed by atoms with Crippen molar-refractivity contribution in [3.8, 4) is 44.5 Å². The molecular weight excluding hydrogens is 553 g/mol. The van der Waals surface area contributed by atoms with Crippen molar-refractivity contribution < 1.29 is 0 Å². The fraction of sp³-hybridized carbons (Fsp3) is 0. The monoisotopic (exact) mass is 582 g/mol. The molecule has 0 bridgehead atoms. The summed E-state index contributed by atoms with van der Waals surface area (Å²) in [4.78, 5) is 0. The van der Waals surface area contributed by atoms with E-state index in [9.17, 15) is 0 Å². The minimum Gasteiger partial charge on any atom is -0.0616 e. The molecular formula is C46H30. The predicted octanol–water partition coefficient (Wildman–Crippen LogP) is 13.0. The van der Waals surface area contributed by atoms with E-state index in [1.54, 1.807) is 0 Å². The van der Waals surface area contributed by atoms with Gasteiger partial charge in [-0.3, -0.25) is 0 Å². The van der Waals surface area contributed by atoms with Crippen molar-refractivity contribution in [2.24, 2.45) is 0 Å². The lowest BCUT2D eigenvalue weighted by Gasteiger charge is -2.19. The molecule has 0 heteroatoms. The van der Waals surface area contributed by atoms with E-state index in [0.29, 0.717) is 0 Å². The molecule has 0 spiro atoms. The number of hydrogen-bond acceptors (Lipinski definition) is 0. The van der Waals surface area contributed by atoms with Crippen molar-refractivity contribution in [2.75, 3.05) is 0 Å². The molecule has 0 N–H and O–H groups in total. The Morgan fingerprint density at radius 1 is 0.217 bits per heavy atom. The van der Waals surface area contributed by atoms with Crippen LogP contribution in [-0.4, -0.2) is 0 Å². The van der Waals surface area contributed by atoms with Crippen LogP contribution in [0.2, 0.25) is 0 Å². The number of rotatable bonds is 4. The van der Waals surface area contributed by atoms with Gasteiger partial charge in [-0.15, -0.1) is 0 Å². The quantitative estimate of drug-likeness (QED) is 0.181. The Balaban J connectivity index is 1.24. The lowest BCUT2D eigenvalue weighted by molar-refractivity contribution is 1.59. The molecule has 0 saturated heterocycles. The van der Waals surface area contributed by atoms with Gasteiger partial charge in [-0.1, -0.05) is 164 Å². The summed E-state index contributed by atoms with van der Waals surface area (Å²) in [6, 6.07) is 66.5. The highest BCUT2D eigenvalue weighted by atomic mass is 14.2. The van der Waals surface area contributed by atoms with E-state index in [1.807, 2.05) is 0 Å². The third-order valence-electron chi connectivity index (χ3n) is 9.42. The maximum absolute atomic E-state index is 2.37. The summed E-state index contributed by atoms with van der Waals surface area (Å²) in [5, 5.41) is 10.2. The van der Waals surface area contributed by atoms with Crippen LogP contribution in [0.15, 0.2) is 182 Å². The average Bonchev–Trinajstić information content (AvgIpc) is 3.13. The molecule has 0 aliphatic carbocycles. The Labute approximate surface area is 268 Å². The molecule has 0 fully saturated rings. The first kappa shape index (κ1) is 26.4. The molecule has 0 nitrogen and oxygen atoms in total. The van der Waals surface area contributed by atoms with Gasteiger partial charge in [0.05, 0.1) is 0 Å². The first-order valence-corrected chi connectivity index (χ1v) is 15.9. The first-order valence-electron chi connectivity index (χ1n) is 15.9. The molecule has 0 unspecified atom stereocenters. The molecule has 0 amide bonds. The Bertz CT molecular complexity index is 2520.